The summed E-state index contributed by atoms with van der Waals surface area (Å²) in [6.45, 7) is 1.02. The lowest BCUT2D eigenvalue weighted by molar-refractivity contribution is -0.274. The van der Waals surface area contributed by atoms with Crippen molar-refractivity contribution < 1.29 is 58.6 Å². The fourth-order valence-corrected chi connectivity index (χ4v) is 5.33. The van der Waals surface area contributed by atoms with Crippen molar-refractivity contribution in [2.75, 3.05) is 16.9 Å². The highest BCUT2D eigenvalue weighted by Crippen LogP contribution is 2.46. The predicted molar refractivity (Wildman–Crippen MR) is 145 cm³/mol. The molecule has 0 bridgehead atoms. The Morgan fingerprint density at radius 3 is 2.11 bits per heavy atom. The molecule has 2 aromatic carbocycles. The van der Waals surface area contributed by atoms with Crippen LogP contribution in [-0.2, 0) is 40.3 Å². The number of ether oxygens (including phenoxy) is 2. The highest BCUT2D eigenvalue weighted by Gasteiger charge is 2.42. The number of hydrogen-bond donors (Lipinski definition) is 0. The predicted octanol–water partition coefficient (Wildman–Crippen LogP) is 6.36. The minimum absolute atomic E-state index is 0.00154. The van der Waals surface area contributed by atoms with Crippen molar-refractivity contribution in [3.8, 4) is 5.75 Å². The number of methoxy groups -OCH3 is 1. The SMILES string of the molecule is CCC1CC(N(Cc2cc(C(F)(F)F)cc(C(F)(F)F)c2)c2nnn(C)n2)c2cc(OC(F)(F)F)ccc2N1C(=O)CCC(=O)OC. The van der Waals surface area contributed by atoms with Gasteiger partial charge in [0.1, 0.15) is 5.75 Å². The molecule has 2 atom stereocenters. The van der Waals surface area contributed by atoms with E-state index in [1.165, 1.54) is 22.9 Å². The molecule has 0 N–H and O–H groups in total. The maximum Gasteiger partial charge on any atom is 0.573 e. The Bertz CT molecular complexity index is 1570. The molecule has 0 spiro atoms. The standard InChI is InChI=1S/C28H27F9N6O4/c1-4-18-12-22(20-13-19(47-28(35,36)37)5-6-21(20)43(18)23(44)7-8-24(45)46-3)42(25-38-40-41(2)39-25)14-15-9-16(26(29,30)31)11-17(10-15)27(32,33)34/h5-6,9-11,13,18,22H,4,7-8,12,14H2,1-3H3. The number of rotatable bonds is 9. The highest BCUT2D eigenvalue weighted by atomic mass is 19.4. The van der Waals surface area contributed by atoms with E-state index in [4.69, 9.17) is 0 Å². The zero-order valence-corrected chi connectivity index (χ0v) is 24.9. The third-order valence-corrected chi connectivity index (χ3v) is 7.35. The number of aromatic nitrogens is 4. The van der Waals surface area contributed by atoms with E-state index in [0.717, 1.165) is 24.0 Å². The lowest BCUT2D eigenvalue weighted by Gasteiger charge is -2.44. The monoisotopic (exact) mass is 682 g/mol. The van der Waals surface area contributed by atoms with Crippen LogP contribution in [0.3, 0.4) is 0 Å². The molecule has 1 aliphatic heterocycles. The van der Waals surface area contributed by atoms with Gasteiger partial charge in [-0.15, -0.1) is 18.3 Å². The topological polar surface area (TPSA) is 103 Å². The van der Waals surface area contributed by atoms with Crippen molar-refractivity contribution in [3.05, 3.63) is 58.7 Å². The number of alkyl halides is 9. The molecule has 256 valence electrons. The number of benzene rings is 2. The van der Waals surface area contributed by atoms with Gasteiger partial charge in [-0.05, 0) is 60.0 Å². The fraction of sp³-hybridized carbons (Fsp3) is 0.464. The number of fused-ring (bicyclic) bond motifs is 1. The lowest BCUT2D eigenvalue weighted by atomic mass is 9.87. The Kier molecular flexibility index (Phi) is 9.96. The molecule has 0 fully saturated rings. The molecule has 0 aliphatic carbocycles. The largest absolute Gasteiger partial charge is 0.573 e. The highest BCUT2D eigenvalue weighted by molar-refractivity contribution is 5.97. The van der Waals surface area contributed by atoms with E-state index in [9.17, 15) is 49.1 Å². The van der Waals surface area contributed by atoms with Gasteiger partial charge in [-0.25, -0.2) is 0 Å². The summed E-state index contributed by atoms with van der Waals surface area (Å²) in [6.07, 6.45) is -15.9. The molecule has 2 unspecified atom stereocenters. The van der Waals surface area contributed by atoms with Gasteiger partial charge < -0.3 is 19.3 Å². The van der Waals surface area contributed by atoms with Crippen molar-refractivity contribution in [1.82, 2.24) is 20.2 Å². The van der Waals surface area contributed by atoms with Gasteiger partial charge in [0.2, 0.25) is 5.91 Å². The Morgan fingerprint density at radius 2 is 1.60 bits per heavy atom. The third-order valence-electron chi connectivity index (χ3n) is 7.35. The first-order chi connectivity index (χ1) is 21.8. The lowest BCUT2D eigenvalue weighted by Crippen LogP contribution is -2.48. The molecule has 4 rings (SSSR count). The van der Waals surface area contributed by atoms with Gasteiger partial charge in [-0.2, -0.15) is 31.1 Å². The van der Waals surface area contributed by atoms with Gasteiger partial charge >= 0.3 is 24.7 Å². The Hall–Kier alpha value is -4.58. The minimum Gasteiger partial charge on any atom is -0.469 e. The molecular formula is C28H27F9N6O4. The molecule has 0 radical (unpaired) electrons. The van der Waals surface area contributed by atoms with Crippen LogP contribution in [0.25, 0.3) is 0 Å². The smallest absolute Gasteiger partial charge is 0.469 e. The number of amides is 1. The number of aryl methyl sites for hydroxylation is 1. The molecule has 0 saturated heterocycles. The summed E-state index contributed by atoms with van der Waals surface area (Å²) >= 11 is 0. The molecule has 10 nitrogen and oxygen atoms in total. The van der Waals surface area contributed by atoms with E-state index in [0.29, 0.717) is 12.1 Å². The Labute approximate surface area is 261 Å². The van der Waals surface area contributed by atoms with Gasteiger partial charge in [0.15, 0.2) is 0 Å². The molecule has 1 aromatic heterocycles. The number of esters is 1. The second kappa shape index (κ2) is 13.3. The first-order valence-corrected chi connectivity index (χ1v) is 13.9. The number of halogens is 9. The normalized spacial score (nSPS) is 16.9. The molecular weight excluding hydrogens is 655 g/mol. The second-order valence-corrected chi connectivity index (χ2v) is 10.5. The van der Waals surface area contributed by atoms with Crippen molar-refractivity contribution in [3.63, 3.8) is 0 Å². The average Bonchev–Trinajstić information content (AvgIpc) is 3.41. The van der Waals surface area contributed by atoms with E-state index in [2.05, 4.69) is 24.9 Å². The van der Waals surface area contributed by atoms with Crippen LogP contribution in [0.1, 0.15) is 60.9 Å². The molecule has 19 heteroatoms. The number of carbonyl (C=O) groups is 2. The number of tetrazole rings is 1. The van der Waals surface area contributed by atoms with Crippen molar-refractivity contribution in [2.24, 2.45) is 7.05 Å². The average molecular weight is 683 g/mol. The van der Waals surface area contributed by atoms with E-state index in [1.807, 2.05) is 0 Å². The molecule has 47 heavy (non-hydrogen) atoms. The van der Waals surface area contributed by atoms with Crippen LogP contribution in [0.2, 0.25) is 0 Å². The van der Waals surface area contributed by atoms with Crippen LogP contribution in [0.5, 0.6) is 5.75 Å². The van der Waals surface area contributed by atoms with Crippen LogP contribution in [-0.4, -0.2) is 51.6 Å². The maximum absolute atomic E-state index is 13.7. The fourth-order valence-electron chi connectivity index (χ4n) is 5.33. The molecule has 1 aliphatic rings. The van der Waals surface area contributed by atoms with Crippen molar-refractivity contribution in [1.29, 1.82) is 0 Å². The van der Waals surface area contributed by atoms with Crippen LogP contribution >= 0.6 is 0 Å². The molecule has 2 heterocycles. The summed E-state index contributed by atoms with van der Waals surface area (Å²) in [5.74, 6) is -2.24. The van der Waals surface area contributed by atoms with Crippen LogP contribution in [0.15, 0.2) is 36.4 Å². The first-order valence-electron chi connectivity index (χ1n) is 13.9. The van der Waals surface area contributed by atoms with E-state index in [1.54, 1.807) is 6.92 Å². The van der Waals surface area contributed by atoms with Gasteiger partial charge in [-0.3, -0.25) is 9.59 Å². The van der Waals surface area contributed by atoms with Crippen molar-refractivity contribution in [2.45, 2.75) is 70.0 Å². The Balaban J connectivity index is 1.89. The first kappa shape index (κ1) is 35.3. The minimum atomic E-state index is -5.15. The molecule has 0 saturated carbocycles. The second-order valence-electron chi connectivity index (χ2n) is 10.5. The van der Waals surface area contributed by atoms with E-state index >= 15 is 0 Å². The van der Waals surface area contributed by atoms with Gasteiger partial charge in [-0.1, -0.05) is 12.0 Å². The zero-order chi connectivity index (χ0) is 34.9. The van der Waals surface area contributed by atoms with Gasteiger partial charge in [0.25, 0.3) is 5.95 Å². The zero-order valence-electron chi connectivity index (χ0n) is 24.9. The van der Waals surface area contributed by atoms with Crippen LogP contribution < -0.4 is 14.5 Å². The maximum atomic E-state index is 13.7. The summed E-state index contributed by atoms with van der Waals surface area (Å²) < 4.78 is 131. The summed E-state index contributed by atoms with van der Waals surface area (Å²) in [6, 6.07) is 2.29. The number of nitrogens with zero attached hydrogens (tertiary/aromatic N) is 6. The summed E-state index contributed by atoms with van der Waals surface area (Å²) in [7, 11) is 2.48. The van der Waals surface area contributed by atoms with Gasteiger partial charge in [0.05, 0.1) is 37.7 Å². The van der Waals surface area contributed by atoms with Gasteiger partial charge in [0, 0.05) is 30.3 Å². The summed E-state index contributed by atoms with van der Waals surface area (Å²) in [5.41, 5.74) is -3.54. The summed E-state index contributed by atoms with van der Waals surface area (Å²) in [5, 5.41) is 11.7. The van der Waals surface area contributed by atoms with Crippen LogP contribution in [0, 0.1) is 0 Å². The quantitative estimate of drug-likeness (QED) is 0.190. The van der Waals surface area contributed by atoms with E-state index < -0.39 is 71.7 Å². The van der Waals surface area contributed by atoms with Crippen molar-refractivity contribution >= 4 is 23.5 Å². The number of anilines is 2. The van der Waals surface area contributed by atoms with Crippen LogP contribution in [0.4, 0.5) is 51.1 Å². The van der Waals surface area contributed by atoms with E-state index in [-0.39, 0.29) is 48.9 Å². The molecule has 3 aromatic rings. The number of carbonyl (C=O) groups excluding carboxylic acids is 2. The summed E-state index contributed by atoms with van der Waals surface area (Å²) in [4.78, 5) is 28.6. The number of hydrogen-bond acceptors (Lipinski definition) is 8. The third kappa shape index (κ3) is 8.42. The Morgan fingerprint density at radius 1 is 0.957 bits per heavy atom. The molecule has 1 amide bonds.